The van der Waals surface area contributed by atoms with Gasteiger partial charge in [-0.15, -0.1) is 0 Å². The summed E-state index contributed by atoms with van der Waals surface area (Å²) in [5.41, 5.74) is -1.33. The molecule has 0 spiro atoms. The van der Waals surface area contributed by atoms with Gasteiger partial charge in [-0.25, -0.2) is 8.42 Å². The zero-order chi connectivity index (χ0) is 19.7. The van der Waals surface area contributed by atoms with Crippen LogP contribution >= 0.6 is 0 Å². The number of Topliss-reactive ketones (excluding diaryl/α,β-unsaturated/α-hetero) is 1. The number of methoxy groups -OCH3 is 2. The molecule has 0 fully saturated rings. The highest BCUT2D eigenvalue weighted by Crippen LogP contribution is 2.41. The second kappa shape index (κ2) is 6.87. The first-order chi connectivity index (χ1) is 12.0. The van der Waals surface area contributed by atoms with Crippen LogP contribution in [0.2, 0.25) is 0 Å². The molecule has 1 atom stereocenters. The van der Waals surface area contributed by atoms with Gasteiger partial charge in [0.25, 0.3) is 5.78 Å². The van der Waals surface area contributed by atoms with Crippen molar-refractivity contribution < 1.29 is 37.0 Å². The second-order valence-electron chi connectivity index (χ2n) is 5.69. The Kier molecular flexibility index (Phi) is 5.17. The quantitative estimate of drug-likeness (QED) is 0.715. The van der Waals surface area contributed by atoms with E-state index in [2.05, 4.69) is 4.72 Å². The largest absolute Gasteiger partial charge is 0.497 e. The van der Waals surface area contributed by atoms with Gasteiger partial charge in [-0.1, -0.05) is 0 Å². The van der Waals surface area contributed by atoms with Gasteiger partial charge in [0.1, 0.15) is 11.5 Å². The van der Waals surface area contributed by atoms with E-state index in [1.807, 2.05) is 0 Å². The number of ketones is 1. The zero-order valence-electron chi connectivity index (χ0n) is 14.9. The molecule has 1 aromatic rings. The molecule has 1 unspecified atom stereocenters. The molecule has 0 aliphatic carbocycles. The van der Waals surface area contributed by atoms with Crippen LogP contribution in [0.4, 0.5) is 0 Å². The van der Waals surface area contributed by atoms with Crippen molar-refractivity contribution in [2.75, 3.05) is 20.5 Å². The number of hydrogen-bond donors (Lipinski definition) is 1. The van der Waals surface area contributed by atoms with E-state index >= 15 is 0 Å². The predicted molar refractivity (Wildman–Crippen MR) is 89.8 cm³/mol. The van der Waals surface area contributed by atoms with Crippen molar-refractivity contribution in [2.45, 2.75) is 19.4 Å². The summed E-state index contributed by atoms with van der Waals surface area (Å²) in [5.74, 6) is -1.71. The van der Waals surface area contributed by atoms with Crippen LogP contribution in [0, 0.1) is 0 Å². The first-order valence-electron chi connectivity index (χ1n) is 7.38. The fraction of sp³-hybridized carbons (Fsp3) is 0.375. The first-order valence-corrected chi connectivity index (χ1v) is 9.27. The summed E-state index contributed by atoms with van der Waals surface area (Å²) in [6, 6.07) is 4.67. The van der Waals surface area contributed by atoms with Crippen LogP contribution in [-0.2, 0) is 34.7 Å². The van der Waals surface area contributed by atoms with Crippen molar-refractivity contribution in [3.05, 3.63) is 35.4 Å². The lowest BCUT2D eigenvalue weighted by Crippen LogP contribution is -2.32. The molecule has 1 aromatic carbocycles. The van der Waals surface area contributed by atoms with Gasteiger partial charge in [0.2, 0.25) is 21.7 Å². The number of nitrogens with one attached hydrogen (secondary N) is 1. The Morgan fingerprint density at radius 2 is 1.69 bits per heavy atom. The average Bonchev–Trinajstić information content (AvgIpc) is 2.77. The van der Waals surface area contributed by atoms with Gasteiger partial charge in [-0.05, 0) is 19.1 Å². The van der Waals surface area contributed by atoms with Gasteiger partial charge >= 0.3 is 5.97 Å². The lowest BCUT2D eigenvalue weighted by molar-refractivity contribution is -0.142. The molecule has 0 saturated heterocycles. The molecule has 0 radical (unpaired) electrons. The Bertz CT molecular complexity index is 867. The Morgan fingerprint density at radius 1 is 1.15 bits per heavy atom. The van der Waals surface area contributed by atoms with E-state index in [1.165, 1.54) is 33.3 Å². The molecule has 142 valence electrons. The second-order valence-corrected chi connectivity index (χ2v) is 7.44. The fourth-order valence-electron chi connectivity index (χ4n) is 2.36. The number of carbonyl (C=O) groups is 2. The maximum Gasteiger partial charge on any atom is 0.308 e. The molecule has 10 heteroatoms. The lowest BCUT2D eigenvalue weighted by Gasteiger charge is -2.24. The van der Waals surface area contributed by atoms with E-state index < -0.39 is 39.0 Å². The van der Waals surface area contributed by atoms with Crippen molar-refractivity contribution in [2.24, 2.45) is 0 Å². The zero-order valence-corrected chi connectivity index (χ0v) is 15.7. The molecule has 1 N–H and O–H groups in total. The number of hydrogen-bond acceptors (Lipinski definition) is 8. The Hall–Kier alpha value is -2.75. The average molecular weight is 385 g/mol. The van der Waals surface area contributed by atoms with E-state index in [-0.39, 0.29) is 0 Å². The topological polar surface area (TPSA) is 117 Å². The maximum atomic E-state index is 12.9. The summed E-state index contributed by atoms with van der Waals surface area (Å²) in [6.07, 6.45) is 0.878. The van der Waals surface area contributed by atoms with Crippen LogP contribution < -0.4 is 14.2 Å². The van der Waals surface area contributed by atoms with Gasteiger partial charge in [-0.2, -0.15) is 0 Å². The molecule has 1 aliphatic rings. The highest BCUT2D eigenvalue weighted by molar-refractivity contribution is 7.88. The minimum absolute atomic E-state index is 0.327. The summed E-state index contributed by atoms with van der Waals surface area (Å²) < 4.78 is 46.0. The van der Waals surface area contributed by atoms with Crippen LogP contribution in [-0.4, -0.2) is 40.6 Å². The Labute approximate surface area is 150 Å². The van der Waals surface area contributed by atoms with Crippen LogP contribution in [0.25, 0.3) is 0 Å². The van der Waals surface area contributed by atoms with E-state index in [0.29, 0.717) is 17.1 Å². The number of esters is 1. The molecule has 0 saturated carbocycles. The normalized spacial score (nSPS) is 19.8. The third kappa shape index (κ3) is 3.90. The molecule has 2 rings (SSSR count). The number of sulfonamides is 1. The molecular formula is C16H19NO8S. The number of ether oxygens (including phenoxy) is 4. The molecule has 1 heterocycles. The van der Waals surface area contributed by atoms with E-state index in [4.69, 9.17) is 18.9 Å². The third-order valence-electron chi connectivity index (χ3n) is 3.58. The smallest absolute Gasteiger partial charge is 0.308 e. The van der Waals surface area contributed by atoms with Crippen LogP contribution in [0.3, 0.4) is 0 Å². The maximum absolute atomic E-state index is 12.9. The summed E-state index contributed by atoms with van der Waals surface area (Å²) in [6.45, 7) is 2.51. The molecule has 9 nitrogen and oxygen atoms in total. The molecular weight excluding hydrogens is 366 g/mol. The van der Waals surface area contributed by atoms with Crippen molar-refractivity contribution in [3.63, 3.8) is 0 Å². The SMILES string of the molecule is COc1cc(OC)cc(C2(C)OC(NS(C)(=O)=O)=C(OC(C)=O)C2=O)c1. The monoisotopic (exact) mass is 385 g/mol. The van der Waals surface area contributed by atoms with Crippen molar-refractivity contribution >= 4 is 21.8 Å². The van der Waals surface area contributed by atoms with E-state index in [1.54, 1.807) is 6.07 Å². The highest BCUT2D eigenvalue weighted by atomic mass is 32.2. The predicted octanol–water partition coefficient (Wildman–Crippen LogP) is 0.800. The van der Waals surface area contributed by atoms with Crippen LogP contribution in [0.15, 0.2) is 29.8 Å². The van der Waals surface area contributed by atoms with Crippen LogP contribution in [0.1, 0.15) is 19.4 Å². The van der Waals surface area contributed by atoms with E-state index in [9.17, 15) is 18.0 Å². The summed E-state index contributed by atoms with van der Waals surface area (Å²) >= 11 is 0. The van der Waals surface area contributed by atoms with Gasteiger partial charge < -0.3 is 18.9 Å². The van der Waals surface area contributed by atoms with Crippen LogP contribution in [0.5, 0.6) is 11.5 Å². The van der Waals surface area contributed by atoms with E-state index in [0.717, 1.165) is 13.2 Å². The standard InChI is InChI=1S/C16H19NO8S/c1-9(18)24-13-14(19)16(2,25-15(13)17-26(5,20)21)10-6-11(22-3)8-12(7-10)23-4/h6-8,17H,1-5H3. The first kappa shape index (κ1) is 19.6. The van der Waals surface area contributed by atoms with Gasteiger partial charge in [0.05, 0.1) is 20.5 Å². The third-order valence-corrected chi connectivity index (χ3v) is 4.13. The van der Waals surface area contributed by atoms with Gasteiger partial charge in [0.15, 0.2) is 5.60 Å². The summed E-state index contributed by atoms with van der Waals surface area (Å²) in [4.78, 5) is 24.2. The summed E-state index contributed by atoms with van der Waals surface area (Å²) in [7, 11) is -0.900. The molecule has 26 heavy (non-hydrogen) atoms. The molecule has 0 amide bonds. The molecule has 1 aliphatic heterocycles. The Morgan fingerprint density at radius 3 is 2.12 bits per heavy atom. The van der Waals surface area contributed by atoms with Crippen molar-refractivity contribution in [1.82, 2.24) is 4.72 Å². The summed E-state index contributed by atoms with van der Waals surface area (Å²) in [5, 5.41) is 0. The number of benzene rings is 1. The van der Waals surface area contributed by atoms with Crippen molar-refractivity contribution in [3.8, 4) is 11.5 Å². The number of rotatable bonds is 6. The van der Waals surface area contributed by atoms with Gasteiger partial charge in [0, 0.05) is 18.6 Å². The lowest BCUT2D eigenvalue weighted by atomic mass is 9.91. The fourth-order valence-corrected chi connectivity index (χ4v) is 2.83. The minimum Gasteiger partial charge on any atom is -0.497 e. The highest BCUT2D eigenvalue weighted by Gasteiger charge is 2.50. The van der Waals surface area contributed by atoms with Gasteiger partial charge in [-0.3, -0.25) is 14.3 Å². The van der Waals surface area contributed by atoms with Crippen molar-refractivity contribution in [1.29, 1.82) is 0 Å². The minimum atomic E-state index is -3.78. The number of carbonyl (C=O) groups excluding carboxylic acids is 2. The molecule has 0 aromatic heterocycles. The molecule has 0 bridgehead atoms. The Balaban J connectivity index is 2.55.